The fourth-order valence-corrected chi connectivity index (χ4v) is 3.41. The van der Waals surface area contributed by atoms with E-state index >= 15 is 0 Å². The van der Waals surface area contributed by atoms with Gasteiger partial charge in [0.2, 0.25) is 0 Å². The normalized spacial score (nSPS) is 12.8. The monoisotopic (exact) mass is 287 g/mol. The second kappa shape index (κ2) is 9.82. The number of hydrogen-bond acceptors (Lipinski definition) is 2. The lowest BCUT2D eigenvalue weighted by atomic mass is 10.0. The minimum atomic E-state index is 0.499. The van der Waals surface area contributed by atoms with Crippen LogP contribution in [0.3, 0.4) is 0 Å². The minimum absolute atomic E-state index is 0.499. The van der Waals surface area contributed by atoms with Crippen LogP contribution in [0.25, 0.3) is 0 Å². The molecule has 1 rings (SSSR count). The fraction of sp³-hybridized carbons (Fsp3) is 0.733. The lowest BCUT2D eigenvalue weighted by molar-refractivity contribution is 0.482. The topological polar surface area (TPSA) is 12.0 Å². The molecule has 3 heteroatoms. The van der Waals surface area contributed by atoms with Gasteiger partial charge in [0.1, 0.15) is 0 Å². The van der Waals surface area contributed by atoms with Crippen LogP contribution in [-0.4, -0.2) is 6.54 Å². The summed E-state index contributed by atoms with van der Waals surface area (Å²) in [5.74, 6) is 0. The average molecular weight is 288 g/mol. The molecule has 0 bridgehead atoms. The van der Waals surface area contributed by atoms with Gasteiger partial charge in [-0.2, -0.15) is 0 Å². The zero-order valence-corrected chi connectivity index (χ0v) is 13.2. The van der Waals surface area contributed by atoms with Gasteiger partial charge in [-0.1, -0.05) is 64.0 Å². The molecule has 0 aliphatic carbocycles. The molecule has 1 unspecified atom stereocenters. The highest BCUT2D eigenvalue weighted by molar-refractivity contribution is 7.16. The number of hydrogen-bond donors (Lipinski definition) is 1. The van der Waals surface area contributed by atoms with Crippen LogP contribution in [0.1, 0.15) is 69.7 Å². The maximum absolute atomic E-state index is 6.01. The molecule has 0 aromatic carbocycles. The van der Waals surface area contributed by atoms with Crippen molar-refractivity contribution in [1.82, 2.24) is 5.32 Å². The molecule has 104 valence electrons. The van der Waals surface area contributed by atoms with Crippen LogP contribution in [0.2, 0.25) is 4.34 Å². The highest BCUT2D eigenvalue weighted by atomic mass is 35.5. The number of halogens is 1. The van der Waals surface area contributed by atoms with Crippen molar-refractivity contribution in [3.05, 3.63) is 21.3 Å². The minimum Gasteiger partial charge on any atom is -0.310 e. The summed E-state index contributed by atoms with van der Waals surface area (Å²) in [7, 11) is 0. The van der Waals surface area contributed by atoms with E-state index in [-0.39, 0.29) is 0 Å². The quantitative estimate of drug-likeness (QED) is 0.536. The zero-order valence-electron chi connectivity index (χ0n) is 11.7. The van der Waals surface area contributed by atoms with E-state index in [2.05, 4.69) is 25.2 Å². The van der Waals surface area contributed by atoms with Crippen molar-refractivity contribution in [3.63, 3.8) is 0 Å². The summed E-state index contributed by atoms with van der Waals surface area (Å²) in [5, 5.41) is 3.57. The van der Waals surface area contributed by atoms with E-state index in [1.807, 2.05) is 6.07 Å². The van der Waals surface area contributed by atoms with Gasteiger partial charge < -0.3 is 5.32 Å². The van der Waals surface area contributed by atoms with Crippen molar-refractivity contribution in [3.8, 4) is 0 Å². The molecule has 0 spiro atoms. The van der Waals surface area contributed by atoms with Crippen LogP contribution in [0.15, 0.2) is 12.1 Å². The third-order valence-corrected chi connectivity index (χ3v) is 4.58. The highest BCUT2D eigenvalue weighted by Crippen LogP contribution is 2.29. The van der Waals surface area contributed by atoms with E-state index < -0.39 is 0 Å². The molecule has 1 N–H and O–H groups in total. The number of nitrogens with one attached hydrogen (secondary N) is 1. The largest absolute Gasteiger partial charge is 0.310 e. The maximum Gasteiger partial charge on any atom is 0.0931 e. The molecular weight excluding hydrogens is 262 g/mol. The van der Waals surface area contributed by atoms with Crippen LogP contribution >= 0.6 is 22.9 Å². The Morgan fingerprint density at radius 2 is 1.83 bits per heavy atom. The lowest BCUT2D eigenvalue weighted by Crippen LogP contribution is -2.19. The zero-order chi connectivity index (χ0) is 13.2. The first-order valence-corrected chi connectivity index (χ1v) is 8.46. The van der Waals surface area contributed by atoms with E-state index in [9.17, 15) is 0 Å². The number of rotatable bonds is 10. The van der Waals surface area contributed by atoms with Crippen molar-refractivity contribution in [2.75, 3.05) is 6.54 Å². The summed E-state index contributed by atoms with van der Waals surface area (Å²) in [4.78, 5) is 1.38. The van der Waals surface area contributed by atoms with Gasteiger partial charge >= 0.3 is 0 Å². The van der Waals surface area contributed by atoms with Gasteiger partial charge in [-0.15, -0.1) is 11.3 Å². The molecular formula is C15H26ClNS. The van der Waals surface area contributed by atoms with E-state index in [4.69, 9.17) is 11.6 Å². The fourth-order valence-electron chi connectivity index (χ4n) is 2.24. The summed E-state index contributed by atoms with van der Waals surface area (Å²) in [6, 6.07) is 4.67. The molecule has 0 saturated heterocycles. The molecule has 1 atom stereocenters. The second-order valence-corrected chi connectivity index (χ2v) is 6.56. The summed E-state index contributed by atoms with van der Waals surface area (Å²) in [6.45, 7) is 5.46. The van der Waals surface area contributed by atoms with Crippen molar-refractivity contribution in [1.29, 1.82) is 0 Å². The average Bonchev–Trinajstić information content (AvgIpc) is 2.79. The SMILES string of the molecule is CCCCCCCCC(NCC)c1ccc(Cl)s1. The molecule has 0 saturated carbocycles. The smallest absolute Gasteiger partial charge is 0.0931 e. The summed E-state index contributed by atoms with van der Waals surface area (Å²) in [6.07, 6.45) is 9.41. The van der Waals surface area contributed by atoms with Crippen molar-refractivity contribution in [2.24, 2.45) is 0 Å². The Balaban J connectivity index is 2.26. The summed E-state index contributed by atoms with van der Waals surface area (Å²) in [5.41, 5.74) is 0. The van der Waals surface area contributed by atoms with Gasteiger partial charge in [-0.25, -0.2) is 0 Å². The van der Waals surface area contributed by atoms with Gasteiger partial charge in [0.15, 0.2) is 0 Å². The first kappa shape index (κ1) is 16.0. The third kappa shape index (κ3) is 6.21. The van der Waals surface area contributed by atoms with Crippen LogP contribution in [-0.2, 0) is 0 Å². The Bertz CT molecular complexity index is 311. The van der Waals surface area contributed by atoms with Crippen LogP contribution < -0.4 is 5.32 Å². The standard InChI is InChI=1S/C15H26ClNS/c1-3-5-6-7-8-9-10-13(17-4-2)14-11-12-15(16)18-14/h11-13,17H,3-10H2,1-2H3. The molecule has 0 fully saturated rings. The molecule has 0 aliphatic heterocycles. The van der Waals surface area contributed by atoms with Gasteiger partial charge in [0, 0.05) is 10.9 Å². The molecule has 1 nitrogen and oxygen atoms in total. The molecule has 1 aromatic heterocycles. The first-order chi connectivity index (χ1) is 8.77. The Labute approximate surface area is 121 Å². The van der Waals surface area contributed by atoms with E-state index in [1.165, 1.54) is 49.8 Å². The summed E-state index contributed by atoms with van der Waals surface area (Å²) >= 11 is 7.72. The first-order valence-electron chi connectivity index (χ1n) is 7.26. The Hall–Kier alpha value is -0.0500. The molecule has 0 amide bonds. The lowest BCUT2D eigenvalue weighted by Gasteiger charge is -2.16. The van der Waals surface area contributed by atoms with Gasteiger partial charge in [0.25, 0.3) is 0 Å². The van der Waals surface area contributed by atoms with Gasteiger partial charge in [0.05, 0.1) is 4.34 Å². The van der Waals surface area contributed by atoms with E-state index in [0.29, 0.717) is 6.04 Å². The third-order valence-electron chi connectivity index (χ3n) is 3.23. The molecule has 1 aromatic rings. The van der Waals surface area contributed by atoms with Crippen LogP contribution in [0.4, 0.5) is 0 Å². The van der Waals surface area contributed by atoms with Gasteiger partial charge in [-0.05, 0) is 25.1 Å². The molecule has 0 aliphatic rings. The number of unbranched alkanes of at least 4 members (excludes halogenated alkanes) is 5. The van der Waals surface area contributed by atoms with Gasteiger partial charge in [-0.3, -0.25) is 0 Å². The Morgan fingerprint density at radius 3 is 2.44 bits per heavy atom. The second-order valence-electron chi connectivity index (χ2n) is 4.81. The van der Waals surface area contributed by atoms with Crippen LogP contribution in [0, 0.1) is 0 Å². The Morgan fingerprint density at radius 1 is 1.11 bits per heavy atom. The van der Waals surface area contributed by atoms with Crippen LogP contribution in [0.5, 0.6) is 0 Å². The maximum atomic E-state index is 6.01. The highest BCUT2D eigenvalue weighted by Gasteiger charge is 2.11. The molecule has 0 radical (unpaired) electrons. The van der Waals surface area contributed by atoms with E-state index in [1.54, 1.807) is 11.3 Å². The predicted molar refractivity (Wildman–Crippen MR) is 83.7 cm³/mol. The number of thiophene rings is 1. The predicted octanol–water partition coefficient (Wildman–Crippen LogP) is 5.80. The summed E-state index contributed by atoms with van der Waals surface area (Å²) < 4.78 is 0.899. The van der Waals surface area contributed by atoms with Crippen molar-refractivity contribution in [2.45, 2.75) is 64.8 Å². The van der Waals surface area contributed by atoms with Crippen molar-refractivity contribution < 1.29 is 0 Å². The molecule has 18 heavy (non-hydrogen) atoms. The molecule has 1 heterocycles. The van der Waals surface area contributed by atoms with E-state index in [0.717, 1.165) is 10.9 Å². The van der Waals surface area contributed by atoms with Crippen molar-refractivity contribution >= 4 is 22.9 Å². The Kier molecular flexibility index (Phi) is 8.74.